The van der Waals surface area contributed by atoms with Crippen LogP contribution >= 0.6 is 15.9 Å². The van der Waals surface area contributed by atoms with E-state index in [1.54, 1.807) is 0 Å². The summed E-state index contributed by atoms with van der Waals surface area (Å²) >= 11 is 3.51. The molecule has 0 atom stereocenters. The lowest BCUT2D eigenvalue weighted by molar-refractivity contribution is 0.830. The molecule has 0 radical (unpaired) electrons. The number of imidazole rings is 1. The van der Waals surface area contributed by atoms with E-state index in [2.05, 4.69) is 69.3 Å². The molecule has 0 amide bonds. The van der Waals surface area contributed by atoms with Gasteiger partial charge >= 0.3 is 0 Å². The molecule has 0 bridgehead atoms. The first-order valence-corrected chi connectivity index (χ1v) is 8.01. The highest BCUT2D eigenvalue weighted by molar-refractivity contribution is 9.10. The number of rotatable bonds is 1. The number of benzene rings is 2. The van der Waals surface area contributed by atoms with Crippen LogP contribution in [-0.2, 0) is 13.5 Å². The third-order valence-electron chi connectivity index (χ3n) is 4.14. The maximum atomic E-state index is 4.80. The largest absolute Gasteiger partial charge is 0.385 e. The minimum atomic E-state index is 1.02. The second-order valence-corrected chi connectivity index (χ2v) is 6.45. The van der Waals surface area contributed by atoms with Crippen molar-refractivity contribution >= 4 is 32.7 Å². The molecule has 0 aliphatic carbocycles. The summed E-state index contributed by atoms with van der Waals surface area (Å²) in [7, 11) is 2.08. The van der Waals surface area contributed by atoms with E-state index < -0.39 is 0 Å². The standard InChI is InChI=1S/C17H16BrN3/c1-21-16-7-5-13(18)10-15(16)20-17(21)12-4-6-14-11(9-12)3-2-8-19-14/h4-7,9-10,19H,2-3,8H2,1H3. The summed E-state index contributed by atoms with van der Waals surface area (Å²) in [5.41, 5.74) is 6.03. The number of hydrogen-bond donors (Lipinski definition) is 1. The molecule has 3 aromatic rings. The molecule has 0 spiro atoms. The van der Waals surface area contributed by atoms with E-state index in [1.807, 2.05) is 0 Å². The second kappa shape index (κ2) is 4.88. The van der Waals surface area contributed by atoms with E-state index in [9.17, 15) is 0 Å². The Labute approximate surface area is 132 Å². The molecule has 1 aromatic heterocycles. The lowest BCUT2D eigenvalue weighted by Gasteiger charge is -2.18. The maximum absolute atomic E-state index is 4.80. The Hall–Kier alpha value is -1.81. The highest BCUT2D eigenvalue weighted by Gasteiger charge is 2.14. The van der Waals surface area contributed by atoms with Gasteiger partial charge in [-0.25, -0.2) is 4.98 Å². The van der Waals surface area contributed by atoms with Crippen LogP contribution in [0.2, 0.25) is 0 Å². The van der Waals surface area contributed by atoms with Crippen molar-refractivity contribution < 1.29 is 0 Å². The molecule has 0 saturated heterocycles. The van der Waals surface area contributed by atoms with E-state index in [0.29, 0.717) is 0 Å². The number of fused-ring (bicyclic) bond motifs is 2. The molecular weight excluding hydrogens is 326 g/mol. The van der Waals surface area contributed by atoms with Gasteiger partial charge in [0.25, 0.3) is 0 Å². The molecule has 2 heterocycles. The van der Waals surface area contributed by atoms with Crippen LogP contribution in [0.25, 0.3) is 22.4 Å². The van der Waals surface area contributed by atoms with Gasteiger partial charge in [-0.3, -0.25) is 0 Å². The Kier molecular flexibility index (Phi) is 3.00. The highest BCUT2D eigenvalue weighted by Crippen LogP contribution is 2.30. The number of nitrogens with zero attached hydrogens (tertiary/aromatic N) is 2. The van der Waals surface area contributed by atoms with E-state index in [-0.39, 0.29) is 0 Å². The number of aromatic nitrogens is 2. The number of hydrogen-bond acceptors (Lipinski definition) is 2. The first-order chi connectivity index (χ1) is 10.2. The van der Waals surface area contributed by atoms with Gasteiger partial charge < -0.3 is 9.88 Å². The predicted molar refractivity (Wildman–Crippen MR) is 90.7 cm³/mol. The normalized spacial score (nSPS) is 14.0. The predicted octanol–water partition coefficient (Wildman–Crippen LogP) is 4.36. The first kappa shape index (κ1) is 12.9. The van der Waals surface area contributed by atoms with Crippen molar-refractivity contribution in [2.45, 2.75) is 12.8 Å². The minimum absolute atomic E-state index is 1.02. The zero-order chi connectivity index (χ0) is 14.4. The first-order valence-electron chi connectivity index (χ1n) is 7.21. The molecule has 4 rings (SSSR count). The Morgan fingerprint density at radius 3 is 3.00 bits per heavy atom. The van der Waals surface area contributed by atoms with Gasteiger partial charge in [0.05, 0.1) is 11.0 Å². The average Bonchev–Trinajstić information content (AvgIpc) is 2.83. The molecule has 0 unspecified atom stereocenters. The highest BCUT2D eigenvalue weighted by atomic mass is 79.9. The third kappa shape index (κ3) is 2.14. The van der Waals surface area contributed by atoms with Gasteiger partial charge in [0, 0.05) is 29.3 Å². The summed E-state index contributed by atoms with van der Waals surface area (Å²) in [6.45, 7) is 1.08. The number of aryl methyl sites for hydroxylation is 2. The van der Waals surface area contributed by atoms with Crippen LogP contribution in [0.15, 0.2) is 40.9 Å². The van der Waals surface area contributed by atoms with Crippen LogP contribution in [-0.4, -0.2) is 16.1 Å². The SMILES string of the molecule is Cn1c(-c2ccc3c(c2)CCCN3)nc2cc(Br)ccc21. The van der Waals surface area contributed by atoms with Gasteiger partial charge in [0.1, 0.15) is 5.82 Å². The summed E-state index contributed by atoms with van der Waals surface area (Å²) in [5.74, 6) is 1.02. The monoisotopic (exact) mass is 341 g/mol. The fourth-order valence-electron chi connectivity index (χ4n) is 3.05. The molecule has 1 aliphatic rings. The summed E-state index contributed by atoms with van der Waals surface area (Å²) < 4.78 is 3.23. The quantitative estimate of drug-likeness (QED) is 0.712. The van der Waals surface area contributed by atoms with Gasteiger partial charge in [0.2, 0.25) is 0 Å². The molecule has 3 nitrogen and oxygen atoms in total. The average molecular weight is 342 g/mol. The third-order valence-corrected chi connectivity index (χ3v) is 4.64. The van der Waals surface area contributed by atoms with Crippen LogP contribution in [0.3, 0.4) is 0 Å². The number of anilines is 1. The Morgan fingerprint density at radius 2 is 2.10 bits per heavy atom. The summed E-state index contributed by atoms with van der Waals surface area (Å²) in [4.78, 5) is 4.80. The fraction of sp³-hybridized carbons (Fsp3) is 0.235. The Balaban J connectivity index is 1.88. The molecule has 1 aliphatic heterocycles. The van der Waals surface area contributed by atoms with Crippen molar-refractivity contribution in [3.05, 3.63) is 46.4 Å². The zero-order valence-corrected chi connectivity index (χ0v) is 13.4. The molecule has 0 saturated carbocycles. The molecule has 2 aromatic carbocycles. The summed E-state index contributed by atoms with van der Waals surface area (Å²) in [5, 5.41) is 3.46. The van der Waals surface area contributed by atoms with Crippen molar-refractivity contribution in [3.63, 3.8) is 0 Å². The summed E-state index contributed by atoms with van der Waals surface area (Å²) in [6.07, 6.45) is 2.34. The van der Waals surface area contributed by atoms with Crippen LogP contribution in [0.4, 0.5) is 5.69 Å². The molecular formula is C17H16BrN3. The van der Waals surface area contributed by atoms with E-state index in [0.717, 1.165) is 34.3 Å². The van der Waals surface area contributed by atoms with Crippen molar-refractivity contribution in [2.75, 3.05) is 11.9 Å². The number of halogens is 1. The van der Waals surface area contributed by atoms with Gasteiger partial charge in [0.15, 0.2) is 0 Å². The van der Waals surface area contributed by atoms with Crippen molar-refractivity contribution in [2.24, 2.45) is 7.05 Å². The molecule has 21 heavy (non-hydrogen) atoms. The van der Waals surface area contributed by atoms with Gasteiger partial charge in [-0.05, 0) is 54.8 Å². The Morgan fingerprint density at radius 1 is 1.19 bits per heavy atom. The Bertz CT molecular complexity index is 835. The second-order valence-electron chi connectivity index (χ2n) is 5.53. The summed E-state index contributed by atoms with van der Waals surface area (Å²) in [6, 6.07) is 12.9. The van der Waals surface area contributed by atoms with Crippen molar-refractivity contribution in [3.8, 4) is 11.4 Å². The maximum Gasteiger partial charge on any atom is 0.140 e. The van der Waals surface area contributed by atoms with Crippen molar-refractivity contribution in [1.29, 1.82) is 0 Å². The fourth-order valence-corrected chi connectivity index (χ4v) is 3.39. The van der Waals surface area contributed by atoms with E-state index in [4.69, 9.17) is 4.98 Å². The zero-order valence-electron chi connectivity index (χ0n) is 11.9. The molecule has 106 valence electrons. The molecule has 4 heteroatoms. The smallest absolute Gasteiger partial charge is 0.140 e. The van der Waals surface area contributed by atoms with Crippen LogP contribution < -0.4 is 5.32 Å². The van der Waals surface area contributed by atoms with Crippen LogP contribution in [0, 0.1) is 0 Å². The van der Waals surface area contributed by atoms with E-state index >= 15 is 0 Å². The topological polar surface area (TPSA) is 29.9 Å². The van der Waals surface area contributed by atoms with Crippen LogP contribution in [0.1, 0.15) is 12.0 Å². The van der Waals surface area contributed by atoms with Gasteiger partial charge in [-0.2, -0.15) is 0 Å². The van der Waals surface area contributed by atoms with Gasteiger partial charge in [-0.1, -0.05) is 15.9 Å². The van der Waals surface area contributed by atoms with Gasteiger partial charge in [-0.15, -0.1) is 0 Å². The van der Waals surface area contributed by atoms with E-state index in [1.165, 1.54) is 23.2 Å². The minimum Gasteiger partial charge on any atom is -0.385 e. The molecule has 0 fully saturated rings. The molecule has 1 N–H and O–H groups in total. The lowest BCUT2D eigenvalue weighted by atomic mass is 10.0. The lowest BCUT2D eigenvalue weighted by Crippen LogP contribution is -2.11. The van der Waals surface area contributed by atoms with Crippen molar-refractivity contribution in [1.82, 2.24) is 9.55 Å². The van der Waals surface area contributed by atoms with Crippen LogP contribution in [0.5, 0.6) is 0 Å². The number of nitrogens with one attached hydrogen (secondary N) is 1.